The van der Waals surface area contributed by atoms with Crippen LogP contribution in [0.3, 0.4) is 0 Å². The second-order valence-electron chi connectivity index (χ2n) is 7.16. The predicted molar refractivity (Wildman–Crippen MR) is 121 cm³/mol. The second-order valence-corrected chi connectivity index (χ2v) is 8.14. The summed E-state index contributed by atoms with van der Waals surface area (Å²) in [6.07, 6.45) is 5.31. The molecule has 1 saturated heterocycles. The van der Waals surface area contributed by atoms with Crippen molar-refractivity contribution in [1.29, 1.82) is 0 Å². The molecule has 8 heteroatoms. The van der Waals surface area contributed by atoms with Crippen molar-refractivity contribution in [1.82, 2.24) is 19.9 Å². The van der Waals surface area contributed by atoms with Crippen molar-refractivity contribution in [2.75, 3.05) is 36.4 Å². The maximum absolute atomic E-state index is 12.5. The molecule has 0 atom stereocenters. The average molecular weight is 421 g/mol. The van der Waals surface area contributed by atoms with Crippen LogP contribution in [0, 0.1) is 13.8 Å². The van der Waals surface area contributed by atoms with Gasteiger partial charge in [-0.15, -0.1) is 11.3 Å². The number of thiophene rings is 1. The molecule has 0 aliphatic carbocycles. The minimum atomic E-state index is 0.0507. The van der Waals surface area contributed by atoms with Crippen LogP contribution < -0.4 is 10.2 Å². The summed E-state index contributed by atoms with van der Waals surface area (Å²) in [6.45, 7) is 6.71. The van der Waals surface area contributed by atoms with E-state index >= 15 is 0 Å². The van der Waals surface area contributed by atoms with Crippen LogP contribution in [-0.2, 0) is 4.79 Å². The minimum Gasteiger partial charge on any atom is -0.353 e. The van der Waals surface area contributed by atoms with Gasteiger partial charge in [0, 0.05) is 49.4 Å². The molecule has 1 fully saturated rings. The molecule has 0 aromatic carbocycles. The van der Waals surface area contributed by atoms with Gasteiger partial charge in [-0.1, -0.05) is 6.07 Å². The summed E-state index contributed by atoms with van der Waals surface area (Å²) in [6, 6.07) is 9.85. The van der Waals surface area contributed by atoms with E-state index < -0.39 is 0 Å². The molecule has 30 heavy (non-hydrogen) atoms. The molecule has 0 saturated carbocycles. The molecule has 4 heterocycles. The van der Waals surface area contributed by atoms with Gasteiger partial charge in [0.2, 0.25) is 5.91 Å². The van der Waals surface area contributed by atoms with Crippen LogP contribution in [0.5, 0.6) is 0 Å². The van der Waals surface area contributed by atoms with Crippen molar-refractivity contribution in [3.8, 4) is 0 Å². The first-order chi connectivity index (χ1) is 14.6. The van der Waals surface area contributed by atoms with E-state index in [-0.39, 0.29) is 5.91 Å². The van der Waals surface area contributed by atoms with Crippen molar-refractivity contribution < 1.29 is 4.79 Å². The maximum atomic E-state index is 12.5. The molecule has 1 aliphatic heterocycles. The summed E-state index contributed by atoms with van der Waals surface area (Å²) < 4.78 is 0. The van der Waals surface area contributed by atoms with Crippen LogP contribution in [0.1, 0.15) is 16.3 Å². The Morgan fingerprint density at radius 3 is 2.67 bits per heavy atom. The molecule has 1 amide bonds. The summed E-state index contributed by atoms with van der Waals surface area (Å²) in [7, 11) is 0. The van der Waals surface area contributed by atoms with Gasteiger partial charge in [-0.05, 0) is 49.1 Å². The van der Waals surface area contributed by atoms with Gasteiger partial charge in [0.15, 0.2) is 0 Å². The Bertz CT molecular complexity index is 1040. The highest BCUT2D eigenvalue weighted by Crippen LogP contribution is 2.21. The molecule has 0 bridgehead atoms. The van der Waals surface area contributed by atoms with Crippen LogP contribution in [0.25, 0.3) is 6.08 Å². The van der Waals surface area contributed by atoms with Crippen LogP contribution in [-0.4, -0.2) is 51.9 Å². The van der Waals surface area contributed by atoms with Crippen molar-refractivity contribution in [3.63, 3.8) is 0 Å². The highest BCUT2D eigenvalue weighted by atomic mass is 32.1. The summed E-state index contributed by atoms with van der Waals surface area (Å²) in [5, 5.41) is 5.27. The van der Waals surface area contributed by atoms with Crippen LogP contribution >= 0.6 is 11.3 Å². The lowest BCUT2D eigenvalue weighted by Gasteiger charge is -2.35. The summed E-state index contributed by atoms with van der Waals surface area (Å²) in [5.74, 6) is 3.08. The van der Waals surface area contributed by atoms with E-state index in [1.807, 2.05) is 60.5 Å². The zero-order valence-corrected chi connectivity index (χ0v) is 17.9. The largest absolute Gasteiger partial charge is 0.353 e. The molecule has 0 radical (unpaired) electrons. The van der Waals surface area contributed by atoms with E-state index in [0.29, 0.717) is 24.7 Å². The zero-order chi connectivity index (χ0) is 20.9. The highest BCUT2D eigenvalue weighted by Gasteiger charge is 2.21. The van der Waals surface area contributed by atoms with E-state index in [4.69, 9.17) is 0 Å². The Labute approximate surface area is 180 Å². The number of nitrogens with zero attached hydrogens (tertiary/aromatic N) is 5. The number of carbonyl (C=O) groups excluding carboxylic acids is 1. The highest BCUT2D eigenvalue weighted by molar-refractivity contribution is 7.10. The molecular weight excluding hydrogens is 396 g/mol. The fourth-order valence-electron chi connectivity index (χ4n) is 3.31. The van der Waals surface area contributed by atoms with Gasteiger partial charge in [-0.3, -0.25) is 4.79 Å². The molecule has 154 valence electrons. The molecule has 3 aromatic heterocycles. The monoisotopic (exact) mass is 420 g/mol. The van der Waals surface area contributed by atoms with Gasteiger partial charge in [0.1, 0.15) is 23.3 Å². The molecule has 1 aliphatic rings. The third-order valence-electron chi connectivity index (χ3n) is 4.84. The summed E-state index contributed by atoms with van der Waals surface area (Å²) in [4.78, 5) is 31.0. The number of pyridine rings is 1. The Morgan fingerprint density at radius 2 is 1.93 bits per heavy atom. The average Bonchev–Trinajstić information content (AvgIpc) is 3.25. The molecule has 1 N–H and O–H groups in total. The first kappa shape index (κ1) is 20.0. The third-order valence-corrected chi connectivity index (χ3v) is 5.68. The van der Waals surface area contributed by atoms with Gasteiger partial charge in [-0.25, -0.2) is 15.0 Å². The SMILES string of the molecule is Cc1ccnc(Nc2cc(N3CCN(C(=O)/C=C/c4cccs4)CC3)nc(C)n2)c1. The standard InChI is InChI=1S/C22H24N6OS/c1-16-7-8-23-19(14-16)26-20-15-21(25-17(2)24-20)27-9-11-28(12-10-27)22(29)6-5-18-4-3-13-30-18/h3-8,13-15H,9-12H2,1-2H3,(H,23,24,25,26)/b6-5+. The molecule has 3 aromatic rings. The molecule has 4 rings (SSSR count). The fourth-order valence-corrected chi connectivity index (χ4v) is 3.93. The van der Waals surface area contributed by atoms with Crippen molar-refractivity contribution >= 4 is 40.8 Å². The lowest BCUT2D eigenvalue weighted by Crippen LogP contribution is -2.48. The van der Waals surface area contributed by atoms with E-state index in [0.717, 1.165) is 35.2 Å². The summed E-state index contributed by atoms with van der Waals surface area (Å²) >= 11 is 1.62. The first-order valence-electron chi connectivity index (χ1n) is 9.88. The van der Waals surface area contributed by atoms with E-state index in [1.165, 1.54) is 0 Å². The van der Waals surface area contributed by atoms with Gasteiger partial charge in [0.05, 0.1) is 0 Å². The zero-order valence-electron chi connectivity index (χ0n) is 17.1. The van der Waals surface area contributed by atoms with Crippen LogP contribution in [0.15, 0.2) is 48.0 Å². The number of aromatic nitrogens is 3. The van der Waals surface area contributed by atoms with Crippen molar-refractivity contribution in [2.24, 2.45) is 0 Å². The van der Waals surface area contributed by atoms with Gasteiger partial charge < -0.3 is 15.1 Å². The van der Waals surface area contributed by atoms with E-state index in [1.54, 1.807) is 23.6 Å². The third kappa shape index (κ3) is 5.01. The van der Waals surface area contributed by atoms with Crippen LogP contribution in [0.2, 0.25) is 0 Å². The predicted octanol–water partition coefficient (Wildman–Crippen LogP) is 3.66. The number of amides is 1. The van der Waals surface area contributed by atoms with E-state index in [2.05, 4.69) is 25.2 Å². The minimum absolute atomic E-state index is 0.0507. The number of hydrogen-bond acceptors (Lipinski definition) is 7. The normalized spacial score (nSPS) is 14.3. The summed E-state index contributed by atoms with van der Waals surface area (Å²) in [5.41, 5.74) is 1.13. The number of rotatable bonds is 5. The number of nitrogens with one attached hydrogen (secondary N) is 1. The first-order valence-corrected chi connectivity index (χ1v) is 10.8. The maximum Gasteiger partial charge on any atom is 0.246 e. The molecule has 0 spiro atoms. The van der Waals surface area contributed by atoms with Gasteiger partial charge >= 0.3 is 0 Å². The van der Waals surface area contributed by atoms with E-state index in [9.17, 15) is 4.79 Å². The van der Waals surface area contributed by atoms with Crippen molar-refractivity contribution in [2.45, 2.75) is 13.8 Å². The lowest BCUT2D eigenvalue weighted by molar-refractivity contribution is -0.126. The second kappa shape index (κ2) is 9.04. The number of aryl methyl sites for hydroxylation is 2. The number of carbonyl (C=O) groups is 1. The molecule has 7 nitrogen and oxygen atoms in total. The number of anilines is 3. The lowest BCUT2D eigenvalue weighted by atomic mass is 10.3. The van der Waals surface area contributed by atoms with Gasteiger partial charge in [0.25, 0.3) is 0 Å². The number of piperazine rings is 1. The van der Waals surface area contributed by atoms with Crippen LogP contribution in [0.4, 0.5) is 17.5 Å². The fraction of sp³-hybridized carbons (Fsp3) is 0.273. The Morgan fingerprint density at radius 1 is 1.10 bits per heavy atom. The topological polar surface area (TPSA) is 74.2 Å². The molecular formula is C22H24N6OS. The van der Waals surface area contributed by atoms with Gasteiger partial charge in [-0.2, -0.15) is 0 Å². The Hall–Kier alpha value is -3.26. The quantitative estimate of drug-likeness (QED) is 0.635. The smallest absolute Gasteiger partial charge is 0.246 e. The Balaban J connectivity index is 1.39. The Kier molecular flexibility index (Phi) is 6.04. The van der Waals surface area contributed by atoms with Crippen molar-refractivity contribution in [3.05, 3.63) is 64.2 Å². The number of hydrogen-bond donors (Lipinski definition) is 1. The molecule has 0 unspecified atom stereocenters.